The fourth-order valence-corrected chi connectivity index (χ4v) is 2.18. The molecular formula is C18H23NO2. The topological polar surface area (TPSA) is 30.5 Å². The minimum atomic E-state index is 0.0139. The second-order valence-electron chi connectivity index (χ2n) is 4.92. The second kappa shape index (κ2) is 7.70. The summed E-state index contributed by atoms with van der Waals surface area (Å²) in [6.45, 7) is 5.85. The monoisotopic (exact) mass is 285 g/mol. The van der Waals surface area contributed by atoms with Crippen LogP contribution in [-0.2, 0) is 6.54 Å². The van der Waals surface area contributed by atoms with Crippen molar-refractivity contribution in [2.24, 2.45) is 0 Å². The molecule has 0 aliphatic rings. The highest BCUT2D eigenvalue weighted by atomic mass is 16.5. The molecular weight excluding hydrogens is 262 g/mol. The van der Waals surface area contributed by atoms with Crippen molar-refractivity contribution in [3.8, 4) is 11.5 Å². The van der Waals surface area contributed by atoms with Crippen molar-refractivity contribution in [2.75, 3.05) is 13.7 Å². The van der Waals surface area contributed by atoms with E-state index in [1.54, 1.807) is 7.11 Å². The highest BCUT2D eigenvalue weighted by molar-refractivity contribution is 5.40. The Morgan fingerprint density at radius 3 is 2.52 bits per heavy atom. The average Bonchev–Trinajstić information content (AvgIpc) is 2.54. The largest absolute Gasteiger partial charge is 0.497 e. The Kier molecular flexibility index (Phi) is 5.64. The predicted molar refractivity (Wildman–Crippen MR) is 85.9 cm³/mol. The zero-order valence-corrected chi connectivity index (χ0v) is 12.9. The molecule has 0 heterocycles. The summed E-state index contributed by atoms with van der Waals surface area (Å²) in [5, 5.41) is 3.33. The number of rotatable bonds is 7. The molecule has 0 aromatic heterocycles. The molecule has 1 atom stereocenters. The first-order chi connectivity index (χ1) is 10.2. The van der Waals surface area contributed by atoms with E-state index in [2.05, 4.69) is 31.3 Å². The van der Waals surface area contributed by atoms with Crippen molar-refractivity contribution in [3.63, 3.8) is 0 Å². The molecule has 0 fully saturated rings. The van der Waals surface area contributed by atoms with Gasteiger partial charge < -0.3 is 14.8 Å². The molecule has 0 saturated carbocycles. The van der Waals surface area contributed by atoms with Crippen molar-refractivity contribution < 1.29 is 9.47 Å². The molecule has 0 saturated heterocycles. The summed E-state index contributed by atoms with van der Waals surface area (Å²) in [5.74, 6) is 1.75. The van der Waals surface area contributed by atoms with Gasteiger partial charge in [-0.3, -0.25) is 0 Å². The number of methoxy groups -OCH3 is 1. The van der Waals surface area contributed by atoms with Crippen molar-refractivity contribution in [2.45, 2.75) is 26.5 Å². The smallest absolute Gasteiger partial charge is 0.124 e. The maximum Gasteiger partial charge on any atom is 0.124 e. The van der Waals surface area contributed by atoms with Gasteiger partial charge in [-0.05, 0) is 37.2 Å². The van der Waals surface area contributed by atoms with E-state index in [1.807, 2.05) is 36.4 Å². The lowest BCUT2D eigenvalue weighted by atomic mass is 10.1. The third-order valence-electron chi connectivity index (χ3n) is 3.41. The Labute approximate surface area is 126 Å². The summed E-state index contributed by atoms with van der Waals surface area (Å²) < 4.78 is 11.4. The minimum absolute atomic E-state index is 0.0139. The fraction of sp³-hybridized carbons (Fsp3) is 0.333. The third kappa shape index (κ3) is 4.23. The molecule has 0 aliphatic heterocycles. The lowest BCUT2D eigenvalue weighted by molar-refractivity contribution is 0.224. The molecule has 21 heavy (non-hydrogen) atoms. The van der Waals surface area contributed by atoms with E-state index in [1.165, 1.54) is 5.56 Å². The van der Waals surface area contributed by atoms with Crippen LogP contribution in [0.4, 0.5) is 0 Å². The van der Waals surface area contributed by atoms with Gasteiger partial charge in [-0.15, -0.1) is 0 Å². The molecule has 2 aromatic carbocycles. The SMILES string of the molecule is CCNCc1cc(OC)ccc1OC(C)c1ccccc1. The van der Waals surface area contributed by atoms with Crippen LogP contribution < -0.4 is 14.8 Å². The number of benzene rings is 2. The summed E-state index contributed by atoms with van der Waals surface area (Å²) in [6.07, 6.45) is 0.0139. The van der Waals surface area contributed by atoms with Gasteiger partial charge in [-0.2, -0.15) is 0 Å². The third-order valence-corrected chi connectivity index (χ3v) is 3.41. The van der Waals surface area contributed by atoms with Crippen molar-refractivity contribution in [3.05, 3.63) is 59.7 Å². The van der Waals surface area contributed by atoms with E-state index in [0.29, 0.717) is 0 Å². The first-order valence-corrected chi connectivity index (χ1v) is 7.33. The van der Waals surface area contributed by atoms with Gasteiger partial charge in [-0.25, -0.2) is 0 Å². The lowest BCUT2D eigenvalue weighted by Crippen LogP contribution is -2.13. The molecule has 1 unspecified atom stereocenters. The maximum absolute atomic E-state index is 6.13. The molecule has 2 rings (SSSR count). The van der Waals surface area contributed by atoms with Gasteiger partial charge in [0.05, 0.1) is 7.11 Å². The molecule has 0 bridgehead atoms. The van der Waals surface area contributed by atoms with E-state index >= 15 is 0 Å². The van der Waals surface area contributed by atoms with Gasteiger partial charge in [0.2, 0.25) is 0 Å². The summed E-state index contributed by atoms with van der Waals surface area (Å²) in [7, 11) is 1.68. The number of hydrogen-bond acceptors (Lipinski definition) is 3. The van der Waals surface area contributed by atoms with E-state index in [-0.39, 0.29) is 6.10 Å². The Morgan fingerprint density at radius 1 is 1.10 bits per heavy atom. The van der Waals surface area contributed by atoms with Crippen molar-refractivity contribution in [1.29, 1.82) is 0 Å². The predicted octanol–water partition coefficient (Wildman–Crippen LogP) is 3.94. The highest BCUT2D eigenvalue weighted by Gasteiger charge is 2.11. The van der Waals surface area contributed by atoms with Crippen LogP contribution in [0, 0.1) is 0 Å². The quantitative estimate of drug-likeness (QED) is 0.835. The molecule has 0 radical (unpaired) electrons. The molecule has 0 spiro atoms. The first-order valence-electron chi connectivity index (χ1n) is 7.33. The van der Waals surface area contributed by atoms with Crippen LogP contribution >= 0.6 is 0 Å². The zero-order chi connectivity index (χ0) is 15.1. The van der Waals surface area contributed by atoms with Gasteiger partial charge >= 0.3 is 0 Å². The van der Waals surface area contributed by atoms with E-state index in [4.69, 9.17) is 9.47 Å². The average molecular weight is 285 g/mol. The molecule has 112 valence electrons. The molecule has 1 N–H and O–H groups in total. The molecule has 3 nitrogen and oxygen atoms in total. The van der Waals surface area contributed by atoms with Crippen LogP contribution in [0.3, 0.4) is 0 Å². The van der Waals surface area contributed by atoms with Gasteiger partial charge in [0.25, 0.3) is 0 Å². The van der Waals surface area contributed by atoms with Gasteiger partial charge in [-0.1, -0.05) is 37.3 Å². The van der Waals surface area contributed by atoms with Crippen molar-refractivity contribution in [1.82, 2.24) is 5.32 Å². The zero-order valence-electron chi connectivity index (χ0n) is 12.9. The van der Waals surface area contributed by atoms with Crippen molar-refractivity contribution >= 4 is 0 Å². The Hall–Kier alpha value is -2.00. The number of hydrogen-bond donors (Lipinski definition) is 1. The maximum atomic E-state index is 6.13. The standard InChI is InChI=1S/C18H23NO2/c1-4-19-13-16-12-17(20-3)10-11-18(16)21-14(2)15-8-6-5-7-9-15/h5-12,14,19H,4,13H2,1-3H3. The molecule has 0 aliphatic carbocycles. The summed E-state index contributed by atoms with van der Waals surface area (Å²) in [6, 6.07) is 16.2. The number of nitrogens with one attached hydrogen (secondary N) is 1. The molecule has 0 amide bonds. The molecule has 3 heteroatoms. The first kappa shape index (κ1) is 15.4. The van der Waals surface area contributed by atoms with Crippen LogP contribution in [0.2, 0.25) is 0 Å². The van der Waals surface area contributed by atoms with Crippen LogP contribution in [0.5, 0.6) is 11.5 Å². The second-order valence-corrected chi connectivity index (χ2v) is 4.92. The lowest BCUT2D eigenvalue weighted by Gasteiger charge is -2.18. The van der Waals surface area contributed by atoms with Gasteiger partial charge in [0.15, 0.2) is 0 Å². The van der Waals surface area contributed by atoms with Crippen LogP contribution in [0.25, 0.3) is 0 Å². The Bertz CT molecular complexity index is 554. The van der Waals surface area contributed by atoms with Gasteiger partial charge in [0, 0.05) is 12.1 Å². The minimum Gasteiger partial charge on any atom is -0.497 e. The van der Waals surface area contributed by atoms with E-state index < -0.39 is 0 Å². The van der Waals surface area contributed by atoms with Crippen LogP contribution in [0.1, 0.15) is 31.1 Å². The summed E-state index contributed by atoms with van der Waals surface area (Å²) >= 11 is 0. The normalized spacial score (nSPS) is 12.0. The molecule has 2 aromatic rings. The fourth-order valence-electron chi connectivity index (χ4n) is 2.18. The Balaban J connectivity index is 2.18. The summed E-state index contributed by atoms with van der Waals surface area (Å²) in [4.78, 5) is 0. The summed E-state index contributed by atoms with van der Waals surface area (Å²) in [5.41, 5.74) is 2.28. The van der Waals surface area contributed by atoms with Crippen LogP contribution in [-0.4, -0.2) is 13.7 Å². The van der Waals surface area contributed by atoms with E-state index in [9.17, 15) is 0 Å². The van der Waals surface area contributed by atoms with E-state index in [0.717, 1.165) is 30.2 Å². The Morgan fingerprint density at radius 2 is 1.86 bits per heavy atom. The van der Waals surface area contributed by atoms with Gasteiger partial charge in [0.1, 0.15) is 17.6 Å². The number of ether oxygens (including phenoxy) is 2. The highest BCUT2D eigenvalue weighted by Crippen LogP contribution is 2.28. The van der Waals surface area contributed by atoms with Crippen LogP contribution in [0.15, 0.2) is 48.5 Å².